The molecular formula is C15H26N6O. The number of piperidine rings is 1. The zero-order valence-electron chi connectivity index (χ0n) is 13.6. The van der Waals surface area contributed by atoms with Crippen molar-refractivity contribution in [3.05, 3.63) is 11.6 Å². The quantitative estimate of drug-likeness (QED) is 0.848. The lowest BCUT2D eigenvalue weighted by atomic mass is 10.1. The number of amides is 1. The van der Waals surface area contributed by atoms with E-state index in [1.54, 1.807) is 0 Å². The number of hydrogen-bond acceptors (Lipinski definition) is 5. The second-order valence-electron chi connectivity index (χ2n) is 6.30. The first-order valence-electron chi connectivity index (χ1n) is 8.28. The molecule has 1 saturated heterocycles. The highest BCUT2D eigenvalue weighted by Crippen LogP contribution is 2.12. The maximum Gasteiger partial charge on any atom is 0.234 e. The fourth-order valence-electron chi connectivity index (χ4n) is 3.36. The number of aryl methyl sites for hydroxylation is 1. The molecular weight excluding hydrogens is 280 g/mol. The SMILES string of the molecule is CCN1CCC(NC(=O)CN2CCn3c(C)nnc3C2)CC1. The van der Waals surface area contributed by atoms with E-state index in [-0.39, 0.29) is 5.91 Å². The average Bonchev–Trinajstić information content (AvgIpc) is 2.89. The highest BCUT2D eigenvalue weighted by atomic mass is 16.2. The molecule has 1 aromatic rings. The lowest BCUT2D eigenvalue weighted by Gasteiger charge is -2.32. The van der Waals surface area contributed by atoms with Gasteiger partial charge in [-0.1, -0.05) is 6.92 Å². The van der Waals surface area contributed by atoms with Crippen molar-refractivity contribution in [3.63, 3.8) is 0 Å². The largest absolute Gasteiger partial charge is 0.352 e. The molecule has 1 fully saturated rings. The summed E-state index contributed by atoms with van der Waals surface area (Å²) < 4.78 is 2.13. The van der Waals surface area contributed by atoms with Crippen molar-refractivity contribution < 1.29 is 4.79 Å². The van der Waals surface area contributed by atoms with E-state index >= 15 is 0 Å². The Morgan fingerprint density at radius 1 is 1.18 bits per heavy atom. The number of rotatable bonds is 4. The van der Waals surface area contributed by atoms with Gasteiger partial charge in [-0.2, -0.15) is 0 Å². The molecule has 2 aliphatic heterocycles. The maximum absolute atomic E-state index is 12.2. The molecule has 7 nitrogen and oxygen atoms in total. The molecule has 0 unspecified atom stereocenters. The number of nitrogens with zero attached hydrogens (tertiary/aromatic N) is 5. The third-order valence-corrected chi connectivity index (χ3v) is 4.78. The normalized spacial score (nSPS) is 20.8. The van der Waals surface area contributed by atoms with E-state index in [0.717, 1.165) is 57.2 Å². The van der Waals surface area contributed by atoms with Crippen LogP contribution in [0.5, 0.6) is 0 Å². The van der Waals surface area contributed by atoms with E-state index in [2.05, 4.69) is 36.8 Å². The summed E-state index contributed by atoms with van der Waals surface area (Å²) >= 11 is 0. The predicted molar refractivity (Wildman–Crippen MR) is 83.3 cm³/mol. The zero-order chi connectivity index (χ0) is 15.5. The van der Waals surface area contributed by atoms with E-state index in [4.69, 9.17) is 0 Å². The minimum absolute atomic E-state index is 0.139. The van der Waals surface area contributed by atoms with Crippen molar-refractivity contribution in [2.24, 2.45) is 0 Å². The fourth-order valence-corrected chi connectivity index (χ4v) is 3.36. The average molecular weight is 306 g/mol. The Bertz CT molecular complexity index is 520. The van der Waals surface area contributed by atoms with Crippen LogP contribution in [0, 0.1) is 6.92 Å². The van der Waals surface area contributed by atoms with Gasteiger partial charge >= 0.3 is 0 Å². The van der Waals surface area contributed by atoms with Crippen LogP contribution < -0.4 is 5.32 Å². The molecule has 2 aliphatic rings. The minimum atomic E-state index is 0.139. The van der Waals surface area contributed by atoms with Crippen LogP contribution in [0.2, 0.25) is 0 Å². The van der Waals surface area contributed by atoms with E-state index in [0.29, 0.717) is 19.1 Å². The number of carbonyl (C=O) groups is 1. The second kappa shape index (κ2) is 6.75. The first-order valence-corrected chi connectivity index (χ1v) is 8.28. The van der Waals surface area contributed by atoms with Gasteiger partial charge in [-0.05, 0) is 26.3 Å². The first-order chi connectivity index (χ1) is 10.7. The van der Waals surface area contributed by atoms with Crippen LogP contribution in [0.15, 0.2) is 0 Å². The molecule has 0 bridgehead atoms. The van der Waals surface area contributed by atoms with Crippen molar-refractivity contribution in [2.45, 2.75) is 45.8 Å². The van der Waals surface area contributed by atoms with E-state index in [1.165, 1.54) is 0 Å². The molecule has 0 radical (unpaired) electrons. The van der Waals surface area contributed by atoms with Crippen molar-refractivity contribution in [2.75, 3.05) is 32.7 Å². The van der Waals surface area contributed by atoms with Gasteiger partial charge in [0.1, 0.15) is 11.6 Å². The Balaban J connectivity index is 1.45. The molecule has 0 aromatic carbocycles. The third kappa shape index (κ3) is 3.47. The van der Waals surface area contributed by atoms with Crippen LogP contribution in [0.1, 0.15) is 31.4 Å². The molecule has 0 aliphatic carbocycles. The molecule has 0 spiro atoms. The predicted octanol–water partition coefficient (Wildman–Crippen LogP) is 0.00262. The lowest BCUT2D eigenvalue weighted by Crippen LogP contribution is -2.48. The standard InChI is InChI=1S/C15H26N6O/c1-3-19-6-4-13(5-7-19)16-15(22)11-20-8-9-21-12(2)17-18-14(21)10-20/h13H,3-11H2,1-2H3,(H,16,22). The second-order valence-corrected chi connectivity index (χ2v) is 6.30. The zero-order valence-corrected chi connectivity index (χ0v) is 13.6. The smallest absolute Gasteiger partial charge is 0.234 e. The minimum Gasteiger partial charge on any atom is -0.352 e. The van der Waals surface area contributed by atoms with Gasteiger partial charge < -0.3 is 14.8 Å². The Morgan fingerprint density at radius 3 is 2.68 bits per heavy atom. The summed E-state index contributed by atoms with van der Waals surface area (Å²) in [4.78, 5) is 16.8. The summed E-state index contributed by atoms with van der Waals surface area (Å²) in [5, 5.41) is 11.5. The van der Waals surface area contributed by atoms with E-state index < -0.39 is 0 Å². The van der Waals surface area contributed by atoms with Gasteiger partial charge in [0, 0.05) is 32.2 Å². The molecule has 3 rings (SSSR count). The summed E-state index contributed by atoms with van der Waals surface area (Å²) in [6.45, 7) is 10.4. The number of hydrogen-bond donors (Lipinski definition) is 1. The van der Waals surface area contributed by atoms with Crippen LogP contribution in [-0.4, -0.2) is 69.2 Å². The molecule has 22 heavy (non-hydrogen) atoms. The van der Waals surface area contributed by atoms with Gasteiger partial charge in [0.05, 0.1) is 13.1 Å². The van der Waals surface area contributed by atoms with Gasteiger partial charge in [-0.3, -0.25) is 9.69 Å². The fraction of sp³-hybridized carbons (Fsp3) is 0.800. The number of fused-ring (bicyclic) bond motifs is 1. The van der Waals surface area contributed by atoms with Gasteiger partial charge in [0.2, 0.25) is 5.91 Å². The Hall–Kier alpha value is -1.47. The van der Waals surface area contributed by atoms with Crippen molar-refractivity contribution in [3.8, 4) is 0 Å². The van der Waals surface area contributed by atoms with E-state index in [1.807, 2.05) is 6.92 Å². The van der Waals surface area contributed by atoms with E-state index in [9.17, 15) is 4.79 Å². The molecule has 1 aromatic heterocycles. The Labute approximate surface area is 131 Å². The van der Waals surface area contributed by atoms with Crippen LogP contribution in [0.25, 0.3) is 0 Å². The molecule has 7 heteroatoms. The topological polar surface area (TPSA) is 66.3 Å². The highest BCUT2D eigenvalue weighted by Gasteiger charge is 2.23. The number of aromatic nitrogens is 3. The summed E-state index contributed by atoms with van der Waals surface area (Å²) in [6, 6.07) is 0.339. The number of nitrogens with one attached hydrogen (secondary N) is 1. The van der Waals surface area contributed by atoms with Gasteiger partial charge in [0.25, 0.3) is 0 Å². The van der Waals surface area contributed by atoms with Crippen LogP contribution in [-0.2, 0) is 17.9 Å². The molecule has 0 atom stereocenters. The lowest BCUT2D eigenvalue weighted by molar-refractivity contribution is -0.123. The first kappa shape index (κ1) is 15.4. The highest BCUT2D eigenvalue weighted by molar-refractivity contribution is 5.78. The Kier molecular flexibility index (Phi) is 4.73. The van der Waals surface area contributed by atoms with Crippen LogP contribution in [0.4, 0.5) is 0 Å². The van der Waals surface area contributed by atoms with Gasteiger partial charge in [-0.25, -0.2) is 0 Å². The van der Waals surface area contributed by atoms with Crippen molar-refractivity contribution >= 4 is 5.91 Å². The molecule has 1 N–H and O–H groups in total. The van der Waals surface area contributed by atoms with Crippen LogP contribution in [0.3, 0.4) is 0 Å². The van der Waals surface area contributed by atoms with Gasteiger partial charge in [0.15, 0.2) is 0 Å². The van der Waals surface area contributed by atoms with Crippen molar-refractivity contribution in [1.29, 1.82) is 0 Å². The van der Waals surface area contributed by atoms with Gasteiger partial charge in [-0.15, -0.1) is 10.2 Å². The maximum atomic E-state index is 12.2. The third-order valence-electron chi connectivity index (χ3n) is 4.78. The Morgan fingerprint density at radius 2 is 1.95 bits per heavy atom. The van der Waals surface area contributed by atoms with Crippen molar-refractivity contribution in [1.82, 2.24) is 29.9 Å². The summed E-state index contributed by atoms with van der Waals surface area (Å²) in [5.41, 5.74) is 0. The summed E-state index contributed by atoms with van der Waals surface area (Å²) in [5.74, 6) is 2.06. The molecule has 1 amide bonds. The summed E-state index contributed by atoms with van der Waals surface area (Å²) in [6.07, 6.45) is 2.13. The number of likely N-dealkylation sites (tertiary alicyclic amines) is 1. The molecule has 3 heterocycles. The number of carbonyl (C=O) groups excluding carboxylic acids is 1. The molecule has 0 saturated carbocycles. The summed E-state index contributed by atoms with van der Waals surface area (Å²) in [7, 11) is 0. The monoisotopic (exact) mass is 306 g/mol. The van der Waals surface area contributed by atoms with Crippen LogP contribution >= 0.6 is 0 Å². The molecule has 122 valence electrons.